The number of anilines is 1. The third kappa shape index (κ3) is 4.54. The number of carbonyl (C=O) groups excluding carboxylic acids is 1. The summed E-state index contributed by atoms with van der Waals surface area (Å²) in [7, 11) is 0. The third-order valence-electron chi connectivity index (χ3n) is 5.68. The van der Waals surface area contributed by atoms with Crippen LogP contribution in [0.25, 0.3) is 0 Å². The second-order valence-corrected chi connectivity index (χ2v) is 7.73. The van der Waals surface area contributed by atoms with Gasteiger partial charge < -0.3 is 14.5 Å². The average molecular weight is 380 g/mol. The van der Waals surface area contributed by atoms with Crippen LogP contribution in [-0.2, 0) is 4.74 Å². The minimum absolute atomic E-state index is 0.0893. The van der Waals surface area contributed by atoms with Crippen LogP contribution in [0.5, 0.6) is 0 Å². The number of ether oxygens (including phenoxy) is 1. The van der Waals surface area contributed by atoms with Gasteiger partial charge in [0.2, 0.25) is 0 Å². The third-order valence-corrected chi connectivity index (χ3v) is 5.68. The van der Waals surface area contributed by atoms with Crippen LogP contribution in [0.1, 0.15) is 15.9 Å². The van der Waals surface area contributed by atoms with E-state index in [2.05, 4.69) is 40.1 Å². The molecule has 0 aromatic heterocycles. The number of morpholine rings is 1. The highest BCUT2D eigenvalue weighted by Gasteiger charge is 2.27. The molecule has 2 aromatic rings. The Balaban J connectivity index is 1.28. The molecule has 0 saturated carbocycles. The number of carbonyl (C=O) groups is 1. The Morgan fingerprint density at radius 3 is 2.39 bits per heavy atom. The van der Waals surface area contributed by atoms with Crippen LogP contribution in [0.2, 0.25) is 0 Å². The molecule has 0 bridgehead atoms. The number of para-hydroxylation sites is 1. The van der Waals surface area contributed by atoms with Gasteiger partial charge in [0.05, 0.1) is 12.7 Å². The van der Waals surface area contributed by atoms with Crippen molar-refractivity contribution in [3.05, 3.63) is 65.7 Å². The predicted molar refractivity (Wildman–Crippen MR) is 112 cm³/mol. The molecule has 1 atom stereocenters. The minimum Gasteiger partial charge on any atom is -0.373 e. The molecule has 2 aromatic carbocycles. The minimum atomic E-state index is 0.0893. The van der Waals surface area contributed by atoms with Crippen LogP contribution in [-0.4, -0.2) is 74.2 Å². The Morgan fingerprint density at radius 1 is 0.964 bits per heavy atom. The highest BCUT2D eigenvalue weighted by Crippen LogP contribution is 2.17. The van der Waals surface area contributed by atoms with Gasteiger partial charge in [-0.1, -0.05) is 35.9 Å². The number of aryl methyl sites for hydroxylation is 1. The number of nitrogens with zero attached hydrogens (tertiary/aromatic N) is 3. The van der Waals surface area contributed by atoms with Crippen molar-refractivity contribution in [3.8, 4) is 0 Å². The van der Waals surface area contributed by atoms with Crippen molar-refractivity contribution in [1.82, 2.24) is 9.80 Å². The first-order chi connectivity index (χ1) is 13.7. The molecule has 2 aliphatic heterocycles. The van der Waals surface area contributed by atoms with Gasteiger partial charge in [-0.3, -0.25) is 9.69 Å². The highest BCUT2D eigenvalue weighted by molar-refractivity contribution is 5.94. The van der Waals surface area contributed by atoms with Gasteiger partial charge in [0.15, 0.2) is 0 Å². The Kier molecular flexibility index (Phi) is 5.93. The van der Waals surface area contributed by atoms with Crippen LogP contribution in [0.3, 0.4) is 0 Å². The molecule has 1 amide bonds. The molecule has 0 aliphatic carbocycles. The van der Waals surface area contributed by atoms with Crippen LogP contribution in [0.15, 0.2) is 54.6 Å². The summed E-state index contributed by atoms with van der Waals surface area (Å²) >= 11 is 0. The Morgan fingerprint density at radius 2 is 1.68 bits per heavy atom. The normalized spacial score (nSPS) is 21.0. The zero-order valence-corrected chi connectivity index (χ0v) is 16.6. The highest BCUT2D eigenvalue weighted by atomic mass is 16.5. The molecule has 2 fully saturated rings. The number of amides is 1. The number of rotatable bonds is 4. The van der Waals surface area contributed by atoms with E-state index in [0.717, 1.165) is 38.3 Å². The molecular formula is C23H29N3O2. The average Bonchev–Trinajstić information content (AvgIpc) is 2.75. The van der Waals surface area contributed by atoms with Crippen LogP contribution >= 0.6 is 0 Å². The van der Waals surface area contributed by atoms with E-state index in [-0.39, 0.29) is 12.0 Å². The predicted octanol–water partition coefficient (Wildman–Crippen LogP) is 2.66. The fourth-order valence-corrected chi connectivity index (χ4v) is 4.01. The monoisotopic (exact) mass is 379 g/mol. The molecule has 0 spiro atoms. The smallest absolute Gasteiger partial charge is 0.254 e. The molecule has 5 nitrogen and oxygen atoms in total. The maximum atomic E-state index is 12.8. The van der Waals surface area contributed by atoms with Crippen molar-refractivity contribution in [1.29, 1.82) is 0 Å². The number of hydrogen-bond acceptors (Lipinski definition) is 4. The van der Waals surface area contributed by atoms with Gasteiger partial charge in [-0.2, -0.15) is 0 Å². The zero-order chi connectivity index (χ0) is 19.3. The topological polar surface area (TPSA) is 36.0 Å². The lowest BCUT2D eigenvalue weighted by atomic mass is 10.1. The summed E-state index contributed by atoms with van der Waals surface area (Å²) in [6.07, 6.45) is 0.0893. The van der Waals surface area contributed by atoms with Gasteiger partial charge in [-0.25, -0.2) is 0 Å². The lowest BCUT2D eigenvalue weighted by Crippen LogP contribution is -2.53. The molecule has 4 rings (SSSR count). The van der Waals surface area contributed by atoms with Gasteiger partial charge in [0, 0.05) is 57.1 Å². The first-order valence-corrected chi connectivity index (χ1v) is 10.2. The lowest BCUT2D eigenvalue weighted by Gasteiger charge is -2.40. The maximum Gasteiger partial charge on any atom is 0.254 e. The molecule has 2 aliphatic rings. The molecule has 2 heterocycles. The SMILES string of the molecule is Cc1ccc(C(=O)N2CCO[C@H](CN3CCN(c4ccccc4)CC3)C2)cc1. The van der Waals surface area contributed by atoms with Crippen molar-refractivity contribution >= 4 is 11.6 Å². The summed E-state index contributed by atoms with van der Waals surface area (Å²) in [6.45, 7) is 9.01. The van der Waals surface area contributed by atoms with E-state index < -0.39 is 0 Å². The van der Waals surface area contributed by atoms with Gasteiger partial charge >= 0.3 is 0 Å². The molecule has 28 heavy (non-hydrogen) atoms. The summed E-state index contributed by atoms with van der Waals surface area (Å²) < 4.78 is 5.98. The van der Waals surface area contributed by atoms with Crippen molar-refractivity contribution in [2.45, 2.75) is 13.0 Å². The first-order valence-electron chi connectivity index (χ1n) is 10.2. The van der Waals surface area contributed by atoms with E-state index in [1.54, 1.807) is 0 Å². The molecule has 0 radical (unpaired) electrons. The van der Waals surface area contributed by atoms with E-state index in [9.17, 15) is 4.79 Å². The molecular weight excluding hydrogens is 350 g/mol. The van der Waals surface area contributed by atoms with Crippen molar-refractivity contribution in [3.63, 3.8) is 0 Å². The quantitative estimate of drug-likeness (QED) is 0.818. The van der Waals surface area contributed by atoms with Gasteiger partial charge in [-0.15, -0.1) is 0 Å². The zero-order valence-electron chi connectivity index (χ0n) is 16.6. The number of piperazine rings is 1. The summed E-state index contributed by atoms with van der Waals surface area (Å²) in [6, 6.07) is 18.4. The maximum absolute atomic E-state index is 12.8. The summed E-state index contributed by atoms with van der Waals surface area (Å²) in [5, 5.41) is 0. The Labute approximate surface area is 167 Å². The Hall–Kier alpha value is -2.37. The Bertz CT molecular complexity index is 770. The largest absolute Gasteiger partial charge is 0.373 e. The summed E-state index contributed by atoms with van der Waals surface area (Å²) in [5.41, 5.74) is 3.24. The molecule has 5 heteroatoms. The second-order valence-electron chi connectivity index (χ2n) is 7.73. The molecule has 2 saturated heterocycles. The van der Waals surface area contributed by atoms with Gasteiger partial charge in [0.25, 0.3) is 5.91 Å². The first kappa shape index (κ1) is 19.0. The van der Waals surface area contributed by atoms with Crippen LogP contribution in [0, 0.1) is 6.92 Å². The van der Waals surface area contributed by atoms with E-state index in [1.807, 2.05) is 36.1 Å². The van der Waals surface area contributed by atoms with E-state index in [4.69, 9.17) is 4.74 Å². The molecule has 0 unspecified atom stereocenters. The van der Waals surface area contributed by atoms with Gasteiger partial charge in [0.1, 0.15) is 0 Å². The fourth-order valence-electron chi connectivity index (χ4n) is 4.01. The van der Waals surface area contributed by atoms with Gasteiger partial charge in [-0.05, 0) is 31.2 Å². The van der Waals surface area contributed by atoms with Crippen molar-refractivity contribution in [2.75, 3.05) is 57.3 Å². The van der Waals surface area contributed by atoms with Crippen molar-refractivity contribution in [2.24, 2.45) is 0 Å². The summed E-state index contributed by atoms with van der Waals surface area (Å²) in [4.78, 5) is 19.6. The molecule has 148 valence electrons. The standard InChI is InChI=1S/C23H29N3O2/c1-19-7-9-20(10-8-19)23(27)26-15-16-28-22(18-26)17-24-11-13-25(14-12-24)21-5-3-2-4-6-21/h2-10,22H,11-18H2,1H3/t22-/m1/s1. The van der Waals surface area contributed by atoms with E-state index in [1.165, 1.54) is 11.3 Å². The van der Waals surface area contributed by atoms with Crippen LogP contribution < -0.4 is 4.90 Å². The summed E-state index contributed by atoms with van der Waals surface area (Å²) in [5.74, 6) is 0.113. The number of hydrogen-bond donors (Lipinski definition) is 0. The van der Waals surface area contributed by atoms with E-state index in [0.29, 0.717) is 19.7 Å². The second kappa shape index (κ2) is 8.76. The molecule has 0 N–H and O–H groups in total. The number of benzene rings is 2. The van der Waals surface area contributed by atoms with Crippen molar-refractivity contribution < 1.29 is 9.53 Å². The fraction of sp³-hybridized carbons (Fsp3) is 0.435. The van der Waals surface area contributed by atoms with Crippen LogP contribution in [0.4, 0.5) is 5.69 Å². The lowest BCUT2D eigenvalue weighted by molar-refractivity contribution is -0.0363. The van der Waals surface area contributed by atoms with E-state index >= 15 is 0 Å².